The molecule has 0 amide bonds. The maximum atomic E-state index is 11.3. The molecule has 2 rings (SSSR count). The average Bonchev–Trinajstić information content (AvgIpc) is 2.68. The molecule has 0 bridgehead atoms. The molecule has 1 heterocycles. The summed E-state index contributed by atoms with van der Waals surface area (Å²) in [4.78, 5) is 11.3. The molecule has 1 N–H and O–H groups in total. The number of aromatic nitrogens is 1. The number of carbonyl (C=O) groups is 1. The second-order valence-corrected chi connectivity index (χ2v) is 5.19. The van der Waals surface area contributed by atoms with Crippen LogP contribution in [0.1, 0.15) is 35.8 Å². The molecular formula is C15H16BrNO2. The fourth-order valence-electron chi connectivity index (χ4n) is 2.12. The van der Waals surface area contributed by atoms with Gasteiger partial charge in [0.1, 0.15) is 5.69 Å². The summed E-state index contributed by atoms with van der Waals surface area (Å²) >= 11 is 3.43. The Bertz CT molecular complexity index is 576. The summed E-state index contributed by atoms with van der Waals surface area (Å²) < 4.78 is 2.28. The molecule has 1 aromatic heterocycles. The van der Waals surface area contributed by atoms with Crippen molar-refractivity contribution in [1.82, 2.24) is 4.57 Å². The van der Waals surface area contributed by atoms with Gasteiger partial charge < -0.3 is 5.11 Å². The van der Waals surface area contributed by atoms with E-state index in [2.05, 4.69) is 22.9 Å². The Labute approximate surface area is 121 Å². The van der Waals surface area contributed by atoms with Crippen LogP contribution in [-0.4, -0.2) is 16.0 Å². The molecule has 0 aliphatic carbocycles. The van der Waals surface area contributed by atoms with Crippen molar-refractivity contribution in [3.05, 3.63) is 46.1 Å². The van der Waals surface area contributed by atoms with Gasteiger partial charge in [-0.1, -0.05) is 31.5 Å². The zero-order chi connectivity index (χ0) is 13.8. The van der Waals surface area contributed by atoms with Gasteiger partial charge in [-0.05, 0) is 40.9 Å². The maximum absolute atomic E-state index is 11.3. The monoisotopic (exact) mass is 321 g/mol. The number of aldehydes is 1. The van der Waals surface area contributed by atoms with Crippen LogP contribution in [0.25, 0.3) is 5.69 Å². The van der Waals surface area contributed by atoms with E-state index in [1.54, 1.807) is 4.57 Å². The van der Waals surface area contributed by atoms with E-state index in [1.807, 2.05) is 30.3 Å². The summed E-state index contributed by atoms with van der Waals surface area (Å²) in [5.74, 6) is 0.147. The average molecular weight is 322 g/mol. The molecular weight excluding hydrogens is 306 g/mol. The first-order valence-corrected chi connectivity index (χ1v) is 7.12. The minimum Gasteiger partial charge on any atom is -0.494 e. The van der Waals surface area contributed by atoms with Crippen LogP contribution in [0.5, 0.6) is 5.88 Å². The molecule has 100 valence electrons. The number of hydrogen-bond donors (Lipinski definition) is 1. The van der Waals surface area contributed by atoms with Crippen molar-refractivity contribution in [3.8, 4) is 11.6 Å². The van der Waals surface area contributed by atoms with E-state index in [0.29, 0.717) is 10.2 Å². The number of hydrogen-bond acceptors (Lipinski definition) is 2. The van der Waals surface area contributed by atoms with Crippen LogP contribution in [0.2, 0.25) is 0 Å². The second-order valence-electron chi connectivity index (χ2n) is 4.39. The summed E-state index contributed by atoms with van der Waals surface area (Å²) in [5, 5.41) is 10.4. The second kappa shape index (κ2) is 6.06. The van der Waals surface area contributed by atoms with Gasteiger partial charge in [0.2, 0.25) is 5.88 Å². The largest absolute Gasteiger partial charge is 0.494 e. The van der Waals surface area contributed by atoms with Gasteiger partial charge in [-0.2, -0.15) is 0 Å². The fraction of sp³-hybridized carbons (Fsp3) is 0.267. The Kier molecular flexibility index (Phi) is 4.43. The van der Waals surface area contributed by atoms with Gasteiger partial charge in [-0.15, -0.1) is 0 Å². The molecule has 0 saturated heterocycles. The number of unbranched alkanes of at least 4 members (excludes halogenated alkanes) is 1. The topological polar surface area (TPSA) is 42.2 Å². The van der Waals surface area contributed by atoms with Crippen LogP contribution < -0.4 is 0 Å². The van der Waals surface area contributed by atoms with Gasteiger partial charge >= 0.3 is 0 Å². The normalized spacial score (nSPS) is 10.6. The number of halogens is 1. The molecule has 2 aromatic rings. The van der Waals surface area contributed by atoms with E-state index < -0.39 is 0 Å². The van der Waals surface area contributed by atoms with Crippen LogP contribution in [0.4, 0.5) is 0 Å². The van der Waals surface area contributed by atoms with Gasteiger partial charge in [-0.25, -0.2) is 0 Å². The van der Waals surface area contributed by atoms with E-state index in [-0.39, 0.29) is 5.88 Å². The summed E-state index contributed by atoms with van der Waals surface area (Å²) in [5.41, 5.74) is 2.04. The van der Waals surface area contributed by atoms with Crippen molar-refractivity contribution in [2.45, 2.75) is 26.2 Å². The van der Waals surface area contributed by atoms with Crippen molar-refractivity contribution < 1.29 is 9.90 Å². The molecule has 19 heavy (non-hydrogen) atoms. The lowest BCUT2D eigenvalue weighted by Crippen LogP contribution is -1.98. The van der Waals surface area contributed by atoms with E-state index in [4.69, 9.17) is 0 Å². The Hall–Kier alpha value is -1.55. The highest BCUT2D eigenvalue weighted by Gasteiger charge is 2.20. The van der Waals surface area contributed by atoms with Crippen molar-refractivity contribution >= 4 is 22.2 Å². The van der Waals surface area contributed by atoms with Gasteiger partial charge in [0.05, 0.1) is 4.47 Å². The first-order chi connectivity index (χ1) is 9.20. The Morgan fingerprint density at radius 2 is 2.00 bits per heavy atom. The lowest BCUT2D eigenvalue weighted by molar-refractivity contribution is 0.111. The SMILES string of the molecule is CCCCc1c(Br)c(C=O)n(-c2ccccc2)c1O. The van der Waals surface area contributed by atoms with E-state index in [0.717, 1.165) is 36.8 Å². The number of aromatic hydroxyl groups is 1. The van der Waals surface area contributed by atoms with Gasteiger partial charge in [0, 0.05) is 11.3 Å². The van der Waals surface area contributed by atoms with Crippen LogP contribution in [-0.2, 0) is 6.42 Å². The molecule has 0 radical (unpaired) electrons. The first kappa shape index (κ1) is 13.9. The van der Waals surface area contributed by atoms with Crippen LogP contribution in [0.3, 0.4) is 0 Å². The molecule has 0 saturated carbocycles. The highest BCUT2D eigenvalue weighted by molar-refractivity contribution is 9.10. The standard InChI is InChI=1S/C15H16BrNO2/c1-2-3-9-12-14(16)13(10-18)17(15(12)19)11-7-5-4-6-8-11/h4-8,10,19H,2-3,9H2,1H3. The number of rotatable bonds is 5. The summed E-state index contributed by atoms with van der Waals surface area (Å²) in [6.07, 6.45) is 3.54. The quantitative estimate of drug-likeness (QED) is 0.842. The van der Waals surface area contributed by atoms with Crippen molar-refractivity contribution in [3.63, 3.8) is 0 Å². The van der Waals surface area contributed by atoms with Crippen LogP contribution in [0.15, 0.2) is 34.8 Å². The Morgan fingerprint density at radius 1 is 1.32 bits per heavy atom. The zero-order valence-electron chi connectivity index (χ0n) is 10.8. The van der Waals surface area contributed by atoms with Gasteiger partial charge in [-0.3, -0.25) is 9.36 Å². The van der Waals surface area contributed by atoms with Crippen LogP contribution >= 0.6 is 15.9 Å². The van der Waals surface area contributed by atoms with E-state index >= 15 is 0 Å². The molecule has 0 aliphatic heterocycles. The maximum Gasteiger partial charge on any atom is 0.200 e. The minimum absolute atomic E-state index is 0.147. The highest BCUT2D eigenvalue weighted by atomic mass is 79.9. The van der Waals surface area contributed by atoms with Gasteiger partial charge in [0.25, 0.3) is 0 Å². The number of carbonyl (C=O) groups excluding carboxylic acids is 1. The van der Waals surface area contributed by atoms with E-state index in [1.165, 1.54) is 0 Å². The molecule has 0 spiro atoms. The molecule has 3 nitrogen and oxygen atoms in total. The lowest BCUT2D eigenvalue weighted by Gasteiger charge is -2.07. The first-order valence-electron chi connectivity index (χ1n) is 6.33. The van der Waals surface area contributed by atoms with E-state index in [9.17, 15) is 9.90 Å². The highest BCUT2D eigenvalue weighted by Crippen LogP contribution is 2.36. The summed E-state index contributed by atoms with van der Waals surface area (Å²) in [6, 6.07) is 9.38. The molecule has 0 atom stereocenters. The number of para-hydroxylation sites is 1. The predicted molar refractivity (Wildman–Crippen MR) is 79.1 cm³/mol. The third kappa shape index (κ3) is 2.59. The molecule has 1 aromatic carbocycles. The van der Waals surface area contributed by atoms with Crippen molar-refractivity contribution in [1.29, 1.82) is 0 Å². The predicted octanol–water partition coefficient (Wildman–Crippen LogP) is 4.10. The number of nitrogens with zero attached hydrogens (tertiary/aromatic N) is 1. The molecule has 0 aliphatic rings. The van der Waals surface area contributed by atoms with Crippen molar-refractivity contribution in [2.24, 2.45) is 0 Å². The molecule has 0 unspecified atom stereocenters. The number of benzene rings is 1. The Morgan fingerprint density at radius 3 is 2.58 bits per heavy atom. The third-order valence-electron chi connectivity index (χ3n) is 3.12. The third-order valence-corrected chi connectivity index (χ3v) is 4.00. The molecule has 0 fully saturated rings. The van der Waals surface area contributed by atoms with Gasteiger partial charge in [0.15, 0.2) is 6.29 Å². The summed E-state index contributed by atoms with van der Waals surface area (Å²) in [6.45, 7) is 2.10. The summed E-state index contributed by atoms with van der Waals surface area (Å²) in [7, 11) is 0. The Balaban J connectivity index is 2.57. The smallest absolute Gasteiger partial charge is 0.200 e. The zero-order valence-corrected chi connectivity index (χ0v) is 12.4. The minimum atomic E-state index is 0.147. The van der Waals surface area contributed by atoms with Crippen LogP contribution in [0, 0.1) is 0 Å². The fourth-order valence-corrected chi connectivity index (χ4v) is 2.76. The lowest BCUT2D eigenvalue weighted by atomic mass is 10.1. The molecule has 4 heteroatoms. The van der Waals surface area contributed by atoms with Crippen molar-refractivity contribution in [2.75, 3.05) is 0 Å².